The second-order valence-electron chi connectivity index (χ2n) is 6.09. The molecule has 0 heterocycles. The van der Waals surface area contributed by atoms with Crippen molar-refractivity contribution < 1.29 is 14.3 Å². The molecule has 0 fully saturated rings. The summed E-state index contributed by atoms with van der Waals surface area (Å²) in [5.74, 6) is -1.06. The highest BCUT2D eigenvalue weighted by molar-refractivity contribution is 8.22. The Labute approximate surface area is 199 Å². The molecule has 0 atom stereocenters. The van der Waals surface area contributed by atoms with E-state index in [1.807, 2.05) is 30.3 Å². The van der Waals surface area contributed by atoms with E-state index in [-0.39, 0.29) is 5.70 Å². The van der Waals surface area contributed by atoms with Gasteiger partial charge < -0.3 is 10.1 Å². The Balaban J connectivity index is 2.01. The molecule has 8 heteroatoms. The predicted molar refractivity (Wildman–Crippen MR) is 128 cm³/mol. The van der Waals surface area contributed by atoms with Crippen LogP contribution >= 0.6 is 46.7 Å². The summed E-state index contributed by atoms with van der Waals surface area (Å²) in [6.07, 6.45) is 0. The number of esters is 1. The number of hydrogen-bond acceptors (Lipinski definition) is 5. The third kappa shape index (κ3) is 6.80. The first-order valence-corrected chi connectivity index (χ1v) is 11.4. The number of benzene rings is 3. The molecule has 0 aliphatic heterocycles. The molecule has 0 radical (unpaired) electrons. The molecule has 1 N–H and O–H groups in total. The minimum Gasteiger partial charge on any atom is -0.464 e. The fraction of sp³-hybridized carbons (Fsp3) is 0.0435. The van der Waals surface area contributed by atoms with Gasteiger partial charge in [-0.3, -0.25) is 4.79 Å². The number of methoxy groups -OCH3 is 1. The van der Waals surface area contributed by atoms with Gasteiger partial charge in [-0.05, 0) is 60.7 Å². The smallest absolute Gasteiger partial charge is 0.356 e. The Morgan fingerprint density at radius 2 is 1.26 bits per heavy atom. The van der Waals surface area contributed by atoms with Crippen molar-refractivity contribution in [3.63, 3.8) is 0 Å². The van der Waals surface area contributed by atoms with E-state index in [4.69, 9.17) is 27.9 Å². The number of nitrogens with one attached hydrogen (secondary N) is 1. The van der Waals surface area contributed by atoms with E-state index >= 15 is 0 Å². The van der Waals surface area contributed by atoms with Crippen molar-refractivity contribution in [2.45, 2.75) is 9.79 Å². The van der Waals surface area contributed by atoms with Crippen LogP contribution in [-0.4, -0.2) is 19.0 Å². The molecule has 31 heavy (non-hydrogen) atoms. The van der Waals surface area contributed by atoms with Gasteiger partial charge in [-0.15, -0.1) is 0 Å². The Morgan fingerprint density at radius 3 is 1.71 bits per heavy atom. The maximum absolute atomic E-state index is 12.8. The van der Waals surface area contributed by atoms with Crippen molar-refractivity contribution >= 4 is 58.6 Å². The Morgan fingerprint density at radius 1 is 0.774 bits per heavy atom. The Bertz CT molecular complexity index is 1040. The Kier molecular flexibility index (Phi) is 8.49. The number of rotatable bonds is 7. The monoisotopic (exact) mass is 489 g/mol. The first-order valence-electron chi connectivity index (χ1n) is 9.02. The number of halogens is 2. The lowest BCUT2D eigenvalue weighted by Gasteiger charge is -2.15. The van der Waals surface area contributed by atoms with Gasteiger partial charge in [0.1, 0.15) is 5.70 Å². The van der Waals surface area contributed by atoms with Gasteiger partial charge in [-0.1, -0.05) is 64.9 Å². The summed E-state index contributed by atoms with van der Waals surface area (Å²) in [5, 5.41) is 3.92. The van der Waals surface area contributed by atoms with Crippen LogP contribution in [0.2, 0.25) is 10.0 Å². The molecule has 3 rings (SSSR count). The first-order chi connectivity index (χ1) is 15.0. The van der Waals surface area contributed by atoms with Crippen molar-refractivity contribution in [2.75, 3.05) is 7.11 Å². The molecule has 3 aromatic rings. The van der Waals surface area contributed by atoms with Gasteiger partial charge in [0, 0.05) is 25.4 Å². The van der Waals surface area contributed by atoms with E-state index in [1.54, 1.807) is 48.5 Å². The molecular weight excluding hydrogens is 473 g/mol. The first kappa shape index (κ1) is 23.3. The van der Waals surface area contributed by atoms with E-state index in [0.717, 1.165) is 9.79 Å². The van der Waals surface area contributed by atoms with Crippen molar-refractivity contribution in [1.29, 1.82) is 0 Å². The molecule has 4 nitrogen and oxygen atoms in total. The number of ether oxygens (including phenoxy) is 1. The average molecular weight is 490 g/mol. The molecule has 0 aliphatic rings. The van der Waals surface area contributed by atoms with Gasteiger partial charge in [0.2, 0.25) is 0 Å². The lowest BCUT2D eigenvalue weighted by Crippen LogP contribution is -2.29. The van der Waals surface area contributed by atoms with Gasteiger partial charge in [0.05, 0.1) is 11.3 Å². The number of carbonyl (C=O) groups excluding carboxylic acids is 2. The van der Waals surface area contributed by atoms with Crippen LogP contribution in [-0.2, 0) is 9.53 Å². The number of thioether (sulfide) groups is 2. The SMILES string of the molecule is COC(=O)C(NC(=O)c1ccccc1)=C(Sc1ccc(Cl)cc1)Sc1ccc(Cl)cc1. The number of carbonyl (C=O) groups is 2. The largest absolute Gasteiger partial charge is 0.464 e. The lowest BCUT2D eigenvalue weighted by molar-refractivity contribution is -0.136. The fourth-order valence-electron chi connectivity index (χ4n) is 2.40. The summed E-state index contributed by atoms with van der Waals surface area (Å²) >= 11 is 14.6. The quantitative estimate of drug-likeness (QED) is 0.228. The molecule has 3 aromatic carbocycles. The highest BCUT2D eigenvalue weighted by atomic mass is 35.5. The normalized spacial score (nSPS) is 10.3. The maximum atomic E-state index is 12.8. The van der Waals surface area contributed by atoms with E-state index in [9.17, 15) is 9.59 Å². The summed E-state index contributed by atoms with van der Waals surface area (Å²) in [7, 11) is 1.27. The van der Waals surface area contributed by atoms with Crippen LogP contribution in [0.15, 0.2) is 98.6 Å². The molecule has 0 spiro atoms. The van der Waals surface area contributed by atoms with Crippen LogP contribution < -0.4 is 5.32 Å². The zero-order chi connectivity index (χ0) is 22.2. The van der Waals surface area contributed by atoms with Gasteiger partial charge >= 0.3 is 5.97 Å². The van der Waals surface area contributed by atoms with Gasteiger partial charge in [-0.2, -0.15) is 0 Å². The Hall–Kier alpha value is -2.38. The van der Waals surface area contributed by atoms with Gasteiger partial charge in [-0.25, -0.2) is 4.79 Å². The minimum atomic E-state index is -0.651. The second kappa shape index (κ2) is 11.3. The molecule has 0 unspecified atom stereocenters. The number of hydrogen-bond donors (Lipinski definition) is 1. The van der Waals surface area contributed by atoms with Crippen LogP contribution in [0.25, 0.3) is 0 Å². The predicted octanol–water partition coefficient (Wildman–Crippen LogP) is 6.65. The van der Waals surface area contributed by atoms with Crippen molar-refractivity contribution in [3.05, 3.63) is 104 Å². The zero-order valence-corrected chi connectivity index (χ0v) is 19.4. The van der Waals surface area contributed by atoms with Crippen molar-refractivity contribution in [2.24, 2.45) is 0 Å². The summed E-state index contributed by atoms with van der Waals surface area (Å²) < 4.78 is 5.51. The van der Waals surface area contributed by atoms with Crippen LogP contribution in [0.3, 0.4) is 0 Å². The van der Waals surface area contributed by atoms with Crippen LogP contribution in [0.1, 0.15) is 10.4 Å². The summed E-state index contributed by atoms with van der Waals surface area (Å²) in [6, 6.07) is 23.0. The molecule has 1 amide bonds. The topological polar surface area (TPSA) is 55.4 Å². The van der Waals surface area contributed by atoms with E-state index < -0.39 is 11.9 Å². The molecule has 0 aromatic heterocycles. The lowest BCUT2D eigenvalue weighted by atomic mass is 10.2. The average Bonchev–Trinajstić information content (AvgIpc) is 2.80. The third-order valence-corrected chi connectivity index (χ3v) is 6.72. The third-order valence-electron chi connectivity index (χ3n) is 3.92. The highest BCUT2D eigenvalue weighted by Gasteiger charge is 2.22. The molecule has 0 aliphatic carbocycles. The second-order valence-corrected chi connectivity index (χ2v) is 9.38. The van der Waals surface area contributed by atoms with Gasteiger partial charge in [0.25, 0.3) is 5.91 Å². The molecular formula is C23H17Cl2NO3S2. The summed E-state index contributed by atoms with van der Waals surface area (Å²) in [5.41, 5.74) is 0.479. The van der Waals surface area contributed by atoms with Gasteiger partial charge in [0.15, 0.2) is 0 Å². The minimum absolute atomic E-state index is 0.0521. The molecule has 0 saturated heterocycles. The van der Waals surface area contributed by atoms with Crippen LogP contribution in [0, 0.1) is 0 Å². The maximum Gasteiger partial charge on any atom is 0.356 e. The molecule has 0 saturated carbocycles. The van der Waals surface area contributed by atoms with Crippen LogP contribution in [0.4, 0.5) is 0 Å². The van der Waals surface area contributed by atoms with E-state index in [1.165, 1.54) is 30.6 Å². The summed E-state index contributed by atoms with van der Waals surface area (Å²) in [6.45, 7) is 0. The van der Waals surface area contributed by atoms with E-state index in [2.05, 4.69) is 5.32 Å². The molecule has 0 bridgehead atoms. The number of amides is 1. The van der Waals surface area contributed by atoms with Crippen molar-refractivity contribution in [3.8, 4) is 0 Å². The summed E-state index contributed by atoms with van der Waals surface area (Å²) in [4.78, 5) is 27.1. The zero-order valence-electron chi connectivity index (χ0n) is 16.3. The fourth-order valence-corrected chi connectivity index (χ4v) is 4.85. The highest BCUT2D eigenvalue weighted by Crippen LogP contribution is 2.41. The van der Waals surface area contributed by atoms with Crippen molar-refractivity contribution in [1.82, 2.24) is 5.32 Å². The molecule has 158 valence electrons. The van der Waals surface area contributed by atoms with Crippen LogP contribution in [0.5, 0.6) is 0 Å². The van der Waals surface area contributed by atoms with E-state index in [0.29, 0.717) is 19.8 Å². The standard InChI is InChI=1S/C23H17Cl2NO3S2/c1-29-22(28)20(26-21(27)15-5-3-2-4-6-15)23(30-18-11-7-16(24)8-12-18)31-19-13-9-17(25)10-14-19/h2-14H,1H3,(H,26,27).